The van der Waals surface area contributed by atoms with E-state index >= 15 is 0 Å². The van der Waals surface area contributed by atoms with Gasteiger partial charge in [0, 0.05) is 0 Å². The van der Waals surface area contributed by atoms with Crippen LogP contribution in [0.25, 0.3) is 0 Å². The minimum absolute atomic E-state index is 1.13. The Bertz CT molecular complexity index is 479. The van der Waals surface area contributed by atoms with Gasteiger partial charge in [-0.2, -0.15) is 0 Å². The molecule has 0 unspecified atom stereocenters. The third kappa shape index (κ3) is 1.81. The Morgan fingerprint density at radius 2 is 1.73 bits per heavy atom. The Morgan fingerprint density at radius 3 is 2.40 bits per heavy atom. The first-order chi connectivity index (χ1) is 7.00. The normalized spacial score (nSPS) is 14.9. The van der Waals surface area contributed by atoms with Crippen LogP contribution in [0.5, 0.6) is 0 Å². The van der Waals surface area contributed by atoms with Gasteiger partial charge in [-0.15, -0.1) is 0 Å². The van der Waals surface area contributed by atoms with E-state index in [1.807, 2.05) is 0 Å². The van der Waals surface area contributed by atoms with E-state index in [1.54, 1.807) is 19.4 Å². The average molecular weight is 368 g/mol. The SMILES string of the molecule is CC1=C[C](=[W])c2c(cc(C)c(C)c2C)C1. The molecule has 0 radical (unpaired) electrons. The molecule has 0 nitrogen and oxygen atoms in total. The Labute approximate surface area is 103 Å². The fraction of sp³-hybridized carbons (Fsp3) is 0.357. The Balaban J connectivity index is 2.71. The molecule has 78 valence electrons. The van der Waals surface area contributed by atoms with E-state index < -0.39 is 0 Å². The molecule has 0 aromatic heterocycles. The summed E-state index contributed by atoms with van der Waals surface area (Å²) in [6.07, 6.45) is 3.49. The van der Waals surface area contributed by atoms with Gasteiger partial charge in [0.15, 0.2) is 0 Å². The van der Waals surface area contributed by atoms with Crippen molar-refractivity contribution < 1.29 is 19.4 Å². The molecule has 0 fully saturated rings. The summed E-state index contributed by atoms with van der Waals surface area (Å²) in [4.78, 5) is 0. The molecule has 0 saturated heterocycles. The maximum atomic E-state index is 2.37. The monoisotopic (exact) mass is 368 g/mol. The van der Waals surface area contributed by atoms with Gasteiger partial charge in [-0.1, -0.05) is 0 Å². The summed E-state index contributed by atoms with van der Waals surface area (Å²) in [6.45, 7) is 8.95. The van der Waals surface area contributed by atoms with Crippen molar-refractivity contribution in [2.24, 2.45) is 0 Å². The topological polar surface area (TPSA) is 0 Å². The summed E-state index contributed by atoms with van der Waals surface area (Å²) in [5, 5.41) is 0. The van der Waals surface area contributed by atoms with E-state index in [-0.39, 0.29) is 0 Å². The first kappa shape index (κ1) is 11.0. The second-order valence-electron chi connectivity index (χ2n) is 4.51. The standard InChI is InChI=1S/C14H16.W/c1-9-5-6-14-12(4)11(3)10(2)8-13(14)7-9;/h5,8H,7H2,1-4H3;. The zero-order valence-electron chi connectivity index (χ0n) is 9.77. The predicted molar refractivity (Wildman–Crippen MR) is 62.2 cm³/mol. The summed E-state index contributed by atoms with van der Waals surface area (Å²) >= 11 is 1.58. The van der Waals surface area contributed by atoms with Crippen LogP contribution in [0, 0.1) is 20.8 Å². The molecule has 0 heterocycles. The summed E-state index contributed by atoms with van der Waals surface area (Å²) in [7, 11) is 0. The van der Waals surface area contributed by atoms with E-state index in [2.05, 4.69) is 39.8 Å². The Hall–Kier alpha value is -0.482. The van der Waals surface area contributed by atoms with Crippen LogP contribution >= 0.6 is 0 Å². The number of allylic oxidation sites excluding steroid dienone is 2. The fourth-order valence-corrected chi connectivity index (χ4v) is 4.04. The van der Waals surface area contributed by atoms with Crippen molar-refractivity contribution in [2.45, 2.75) is 34.1 Å². The number of fused-ring (bicyclic) bond motifs is 1. The molecule has 0 saturated carbocycles. The Morgan fingerprint density at radius 1 is 1.07 bits per heavy atom. The van der Waals surface area contributed by atoms with Gasteiger partial charge in [0.25, 0.3) is 0 Å². The van der Waals surface area contributed by atoms with Crippen LogP contribution in [0.2, 0.25) is 0 Å². The van der Waals surface area contributed by atoms with E-state index in [0.29, 0.717) is 0 Å². The van der Waals surface area contributed by atoms with Crippen molar-refractivity contribution in [2.75, 3.05) is 0 Å². The molecule has 0 bridgehead atoms. The zero-order chi connectivity index (χ0) is 11.2. The summed E-state index contributed by atoms with van der Waals surface area (Å²) in [6, 6.07) is 2.37. The molecule has 0 amide bonds. The van der Waals surface area contributed by atoms with E-state index in [0.717, 1.165) is 6.42 Å². The molecule has 15 heavy (non-hydrogen) atoms. The molecule has 0 aliphatic heterocycles. The average Bonchev–Trinajstić information content (AvgIpc) is 2.13. The van der Waals surface area contributed by atoms with Crippen molar-refractivity contribution in [1.82, 2.24) is 0 Å². The van der Waals surface area contributed by atoms with Crippen LogP contribution in [-0.4, -0.2) is 3.90 Å². The zero-order valence-corrected chi connectivity index (χ0v) is 12.7. The van der Waals surface area contributed by atoms with Crippen LogP contribution in [-0.2, 0) is 25.8 Å². The van der Waals surface area contributed by atoms with Crippen molar-refractivity contribution in [3.05, 3.63) is 45.5 Å². The molecule has 0 N–H and O–H groups in total. The van der Waals surface area contributed by atoms with E-state index in [9.17, 15) is 0 Å². The summed E-state index contributed by atoms with van der Waals surface area (Å²) < 4.78 is 1.51. The number of aryl methyl sites for hydroxylation is 1. The quantitative estimate of drug-likeness (QED) is 0.660. The van der Waals surface area contributed by atoms with Crippen LogP contribution in [0.3, 0.4) is 0 Å². The van der Waals surface area contributed by atoms with E-state index in [1.165, 1.54) is 37.3 Å². The molecule has 1 aliphatic carbocycles. The van der Waals surface area contributed by atoms with Crippen molar-refractivity contribution in [3.63, 3.8) is 0 Å². The molecule has 2 rings (SSSR count). The predicted octanol–water partition coefficient (Wildman–Crippen LogP) is 3.18. The molecule has 1 heteroatoms. The molecular weight excluding hydrogens is 352 g/mol. The van der Waals surface area contributed by atoms with Gasteiger partial charge in [0.1, 0.15) is 0 Å². The summed E-state index contributed by atoms with van der Waals surface area (Å²) in [5.41, 5.74) is 8.93. The third-order valence-electron chi connectivity index (χ3n) is 3.33. The van der Waals surface area contributed by atoms with Gasteiger partial charge < -0.3 is 0 Å². The fourth-order valence-electron chi connectivity index (χ4n) is 2.30. The molecular formula is C14H16W. The number of benzene rings is 1. The van der Waals surface area contributed by atoms with Crippen LogP contribution in [0.1, 0.15) is 34.7 Å². The van der Waals surface area contributed by atoms with Crippen LogP contribution < -0.4 is 0 Å². The van der Waals surface area contributed by atoms with Crippen molar-refractivity contribution in [3.8, 4) is 0 Å². The van der Waals surface area contributed by atoms with Gasteiger partial charge in [-0.3, -0.25) is 0 Å². The van der Waals surface area contributed by atoms with Gasteiger partial charge in [-0.05, 0) is 0 Å². The first-order valence-electron chi connectivity index (χ1n) is 5.32. The number of hydrogen-bond donors (Lipinski definition) is 0. The molecule has 1 aliphatic rings. The second kappa shape index (κ2) is 3.83. The van der Waals surface area contributed by atoms with Crippen LogP contribution in [0.4, 0.5) is 0 Å². The Kier molecular flexibility index (Phi) is 2.81. The second-order valence-corrected chi connectivity index (χ2v) is 6.09. The first-order valence-corrected chi connectivity index (χ1v) is 6.78. The van der Waals surface area contributed by atoms with Gasteiger partial charge in [0.05, 0.1) is 0 Å². The molecule has 0 spiro atoms. The number of hydrogen-bond acceptors (Lipinski definition) is 0. The van der Waals surface area contributed by atoms with Crippen molar-refractivity contribution >= 4 is 3.90 Å². The van der Waals surface area contributed by atoms with Gasteiger partial charge >= 0.3 is 103 Å². The van der Waals surface area contributed by atoms with Crippen molar-refractivity contribution in [1.29, 1.82) is 0 Å². The van der Waals surface area contributed by atoms with E-state index in [4.69, 9.17) is 0 Å². The minimum atomic E-state index is 1.13. The molecule has 1 aromatic carbocycles. The third-order valence-corrected chi connectivity index (χ3v) is 4.49. The van der Waals surface area contributed by atoms with Crippen LogP contribution in [0.15, 0.2) is 17.7 Å². The number of rotatable bonds is 0. The van der Waals surface area contributed by atoms with Gasteiger partial charge in [-0.25, -0.2) is 0 Å². The summed E-state index contributed by atoms with van der Waals surface area (Å²) in [5.74, 6) is 0. The van der Waals surface area contributed by atoms with Gasteiger partial charge in [0.2, 0.25) is 0 Å². The maximum absolute atomic E-state index is 2.37. The molecule has 1 aromatic rings. The molecule has 0 atom stereocenters.